The lowest BCUT2D eigenvalue weighted by atomic mass is 10.1. The van der Waals surface area contributed by atoms with Crippen molar-refractivity contribution < 1.29 is 4.79 Å². The lowest BCUT2D eigenvalue weighted by Gasteiger charge is -2.22. The first-order chi connectivity index (χ1) is 9.50. The van der Waals surface area contributed by atoms with Gasteiger partial charge in [0.25, 0.3) is 0 Å². The summed E-state index contributed by atoms with van der Waals surface area (Å²) in [5.74, 6) is 0.0898. The molecule has 0 fully saturated rings. The van der Waals surface area contributed by atoms with Crippen LogP contribution in [0, 0.1) is 0 Å². The Hall–Kier alpha value is -1.55. The van der Waals surface area contributed by atoms with Crippen molar-refractivity contribution in [2.24, 2.45) is 0 Å². The molecular formula is C16H19BrN2O. The number of benzene rings is 2. The Morgan fingerprint density at radius 3 is 2.50 bits per heavy atom. The van der Waals surface area contributed by atoms with Gasteiger partial charge in [-0.25, -0.2) is 0 Å². The molecule has 106 valence electrons. The molecule has 1 amide bonds. The number of amides is 1. The minimum absolute atomic E-state index is 0.0898. The smallest absolute Gasteiger partial charge is 0.241 e. The van der Waals surface area contributed by atoms with Crippen molar-refractivity contribution in [3.05, 3.63) is 40.9 Å². The molecule has 0 aliphatic rings. The summed E-state index contributed by atoms with van der Waals surface area (Å²) in [6, 6.07) is 12.3. The second kappa shape index (κ2) is 6.27. The topological polar surface area (TPSA) is 32.3 Å². The molecule has 4 heteroatoms. The van der Waals surface area contributed by atoms with Crippen molar-refractivity contribution >= 4 is 38.3 Å². The lowest BCUT2D eigenvalue weighted by molar-refractivity contribution is -0.129. The van der Waals surface area contributed by atoms with Gasteiger partial charge in [0.15, 0.2) is 0 Å². The van der Waals surface area contributed by atoms with Crippen LogP contribution >= 0.6 is 15.9 Å². The van der Waals surface area contributed by atoms with E-state index in [4.69, 9.17) is 0 Å². The van der Waals surface area contributed by atoms with E-state index in [9.17, 15) is 4.79 Å². The summed E-state index contributed by atoms with van der Waals surface area (Å²) in [7, 11) is 1.83. The summed E-state index contributed by atoms with van der Waals surface area (Å²) in [6.07, 6.45) is 0. The van der Waals surface area contributed by atoms with Gasteiger partial charge in [-0.05, 0) is 31.4 Å². The van der Waals surface area contributed by atoms with E-state index < -0.39 is 0 Å². The Labute approximate surface area is 128 Å². The number of halogens is 1. The van der Waals surface area contributed by atoms with Gasteiger partial charge in [0.2, 0.25) is 5.91 Å². The van der Waals surface area contributed by atoms with Gasteiger partial charge in [-0.1, -0.05) is 40.2 Å². The fourth-order valence-electron chi connectivity index (χ4n) is 2.00. The first-order valence-corrected chi connectivity index (χ1v) is 7.46. The summed E-state index contributed by atoms with van der Waals surface area (Å²) >= 11 is 3.55. The monoisotopic (exact) mass is 334 g/mol. The normalized spacial score (nSPS) is 10.8. The van der Waals surface area contributed by atoms with Crippen LogP contribution in [0.4, 0.5) is 5.69 Å². The van der Waals surface area contributed by atoms with Gasteiger partial charge in [-0.3, -0.25) is 4.79 Å². The molecule has 0 unspecified atom stereocenters. The first-order valence-electron chi connectivity index (χ1n) is 6.67. The number of hydrogen-bond donors (Lipinski definition) is 1. The van der Waals surface area contributed by atoms with Gasteiger partial charge in [0, 0.05) is 28.6 Å². The third-order valence-electron chi connectivity index (χ3n) is 3.47. The van der Waals surface area contributed by atoms with Crippen LogP contribution in [0.5, 0.6) is 0 Å². The maximum Gasteiger partial charge on any atom is 0.241 e. The summed E-state index contributed by atoms with van der Waals surface area (Å²) in [4.78, 5) is 13.8. The highest BCUT2D eigenvalue weighted by Gasteiger charge is 2.12. The standard InChI is InChI=1S/C16H19BrN2O/c1-11(2)19(3)16(20)10-18-15-9-8-14(17)12-6-4-5-7-13(12)15/h4-9,11,18H,10H2,1-3H3. The van der Waals surface area contributed by atoms with E-state index >= 15 is 0 Å². The number of fused-ring (bicyclic) bond motifs is 1. The quantitative estimate of drug-likeness (QED) is 0.920. The molecule has 2 aromatic carbocycles. The maximum atomic E-state index is 12.0. The molecule has 3 nitrogen and oxygen atoms in total. The van der Waals surface area contributed by atoms with Crippen molar-refractivity contribution in [3.8, 4) is 0 Å². The van der Waals surface area contributed by atoms with E-state index in [1.807, 2.05) is 45.2 Å². The number of carbonyl (C=O) groups excluding carboxylic acids is 1. The molecule has 0 spiro atoms. The molecule has 0 aromatic heterocycles. The minimum atomic E-state index is 0.0898. The number of rotatable bonds is 4. The van der Waals surface area contributed by atoms with Gasteiger partial charge in [0.1, 0.15) is 0 Å². The molecule has 0 atom stereocenters. The van der Waals surface area contributed by atoms with Crippen molar-refractivity contribution in [1.82, 2.24) is 4.90 Å². The van der Waals surface area contributed by atoms with E-state index in [-0.39, 0.29) is 11.9 Å². The third kappa shape index (κ3) is 3.12. The molecule has 20 heavy (non-hydrogen) atoms. The highest BCUT2D eigenvalue weighted by atomic mass is 79.9. The van der Waals surface area contributed by atoms with Crippen LogP contribution in [-0.4, -0.2) is 30.4 Å². The van der Waals surface area contributed by atoms with Crippen LogP contribution in [0.25, 0.3) is 10.8 Å². The van der Waals surface area contributed by atoms with Crippen LogP contribution in [0.1, 0.15) is 13.8 Å². The summed E-state index contributed by atoms with van der Waals surface area (Å²) in [6.45, 7) is 4.32. The van der Waals surface area contributed by atoms with Crippen LogP contribution < -0.4 is 5.32 Å². The minimum Gasteiger partial charge on any atom is -0.376 e. The lowest BCUT2D eigenvalue weighted by Crippen LogP contribution is -2.37. The molecule has 0 radical (unpaired) electrons. The highest BCUT2D eigenvalue weighted by molar-refractivity contribution is 9.10. The third-order valence-corrected chi connectivity index (χ3v) is 4.16. The van der Waals surface area contributed by atoms with Gasteiger partial charge in [-0.2, -0.15) is 0 Å². The zero-order valence-electron chi connectivity index (χ0n) is 12.0. The van der Waals surface area contributed by atoms with Crippen molar-refractivity contribution in [1.29, 1.82) is 0 Å². The second-order valence-corrected chi connectivity index (χ2v) is 5.95. The largest absolute Gasteiger partial charge is 0.376 e. The Morgan fingerprint density at radius 2 is 1.85 bits per heavy atom. The second-order valence-electron chi connectivity index (χ2n) is 5.09. The van der Waals surface area contributed by atoms with Crippen LogP contribution in [0.3, 0.4) is 0 Å². The number of nitrogens with zero attached hydrogens (tertiary/aromatic N) is 1. The van der Waals surface area contributed by atoms with Crippen LogP contribution in [-0.2, 0) is 4.79 Å². The summed E-state index contributed by atoms with van der Waals surface area (Å²) in [5.41, 5.74) is 0.981. The van der Waals surface area contributed by atoms with E-state index in [0.29, 0.717) is 6.54 Å². The Bertz CT molecular complexity index is 625. The Morgan fingerprint density at radius 1 is 1.20 bits per heavy atom. The predicted octanol–water partition coefficient (Wildman–Crippen LogP) is 3.88. The van der Waals surface area contributed by atoms with E-state index in [1.165, 1.54) is 0 Å². The van der Waals surface area contributed by atoms with Gasteiger partial charge in [-0.15, -0.1) is 0 Å². The number of likely N-dealkylation sites (N-methyl/N-ethyl adjacent to an activating group) is 1. The van der Waals surface area contributed by atoms with Crippen LogP contribution in [0.2, 0.25) is 0 Å². The molecule has 0 saturated carbocycles. The molecule has 0 bridgehead atoms. The number of anilines is 1. The molecule has 1 N–H and O–H groups in total. The van der Waals surface area contributed by atoms with Crippen molar-refractivity contribution in [2.45, 2.75) is 19.9 Å². The van der Waals surface area contributed by atoms with Crippen molar-refractivity contribution in [3.63, 3.8) is 0 Å². The number of nitrogens with one attached hydrogen (secondary N) is 1. The average Bonchev–Trinajstić information content (AvgIpc) is 2.45. The SMILES string of the molecule is CC(C)N(C)C(=O)CNc1ccc(Br)c2ccccc12. The van der Waals surface area contributed by atoms with E-state index in [1.54, 1.807) is 4.90 Å². The average molecular weight is 335 g/mol. The zero-order valence-corrected chi connectivity index (χ0v) is 13.6. The number of hydrogen-bond acceptors (Lipinski definition) is 2. The number of carbonyl (C=O) groups is 1. The molecule has 0 heterocycles. The Kier molecular flexibility index (Phi) is 4.65. The van der Waals surface area contributed by atoms with Gasteiger partial charge in [0.05, 0.1) is 6.54 Å². The molecule has 0 aliphatic heterocycles. The van der Waals surface area contributed by atoms with Gasteiger partial charge >= 0.3 is 0 Å². The fraction of sp³-hybridized carbons (Fsp3) is 0.312. The van der Waals surface area contributed by atoms with Crippen molar-refractivity contribution in [2.75, 3.05) is 18.9 Å². The molecule has 2 aromatic rings. The Balaban J connectivity index is 2.19. The summed E-state index contributed by atoms with van der Waals surface area (Å²) < 4.78 is 1.06. The first kappa shape index (κ1) is 14.9. The maximum absolute atomic E-state index is 12.0. The molecule has 2 rings (SSSR count). The van der Waals surface area contributed by atoms with Crippen LogP contribution in [0.15, 0.2) is 40.9 Å². The molecule has 0 saturated heterocycles. The zero-order chi connectivity index (χ0) is 14.7. The molecule has 0 aliphatic carbocycles. The molecular weight excluding hydrogens is 316 g/mol. The predicted molar refractivity (Wildman–Crippen MR) is 88.0 cm³/mol. The van der Waals surface area contributed by atoms with E-state index in [0.717, 1.165) is 20.9 Å². The highest BCUT2D eigenvalue weighted by Crippen LogP contribution is 2.29. The summed E-state index contributed by atoms with van der Waals surface area (Å²) in [5, 5.41) is 5.49. The van der Waals surface area contributed by atoms with Gasteiger partial charge < -0.3 is 10.2 Å². The van der Waals surface area contributed by atoms with E-state index in [2.05, 4.69) is 33.4 Å². The fourth-order valence-corrected chi connectivity index (χ4v) is 2.48.